The summed E-state index contributed by atoms with van der Waals surface area (Å²) in [5.74, 6) is 0.0905. The fraction of sp³-hybridized carbons (Fsp3) is 0.333. The average molecular weight is 578 g/mol. The van der Waals surface area contributed by atoms with E-state index in [1.807, 2.05) is 37.4 Å². The molecule has 2 heterocycles. The van der Waals surface area contributed by atoms with E-state index in [1.165, 1.54) is 11.8 Å². The summed E-state index contributed by atoms with van der Waals surface area (Å²) < 4.78 is 5.92. The molecular formula is C30H32ClN5O3S. The Bertz CT molecular complexity index is 1490. The Labute approximate surface area is 242 Å². The molecule has 40 heavy (non-hydrogen) atoms. The first kappa shape index (κ1) is 27.1. The number of thioether (sulfide) groups is 1. The first-order valence-corrected chi connectivity index (χ1v) is 14.6. The Morgan fingerprint density at radius 3 is 2.60 bits per heavy atom. The number of nitrogens with two attached hydrogens (primary N) is 3. The molecule has 7 N–H and O–H groups in total. The van der Waals surface area contributed by atoms with Gasteiger partial charge in [-0.25, -0.2) is 0 Å². The van der Waals surface area contributed by atoms with Gasteiger partial charge >= 0.3 is 0 Å². The number of likely N-dealkylation sites (tertiary alicyclic amines) is 1. The van der Waals surface area contributed by atoms with Crippen molar-refractivity contribution < 1.29 is 14.3 Å². The highest BCUT2D eigenvalue weighted by Gasteiger charge is 2.57. The number of benzene rings is 3. The topological polar surface area (TPSA) is 137 Å². The van der Waals surface area contributed by atoms with E-state index in [-0.39, 0.29) is 17.0 Å². The third kappa shape index (κ3) is 4.46. The highest BCUT2D eigenvalue weighted by Crippen LogP contribution is 2.56. The standard InChI is InChI=1S/C30H32ClN5O3S/c1-36-13-5-6-16(15-36)35-29(38)27-24-23-20(11-12-22(32)26(23)40-27)30(34,28(37)25(24)33)19-10-9-18(14-21(19)31)39-17-7-3-2-4-8-17/h2-4,7-12,14,16,24-25,27H,5-6,13,15,32-34H2,1H3,(H,35,38). The maximum Gasteiger partial charge on any atom is 0.234 e. The summed E-state index contributed by atoms with van der Waals surface area (Å²) in [4.78, 5) is 30.7. The lowest BCUT2D eigenvalue weighted by Gasteiger charge is -2.41. The van der Waals surface area contributed by atoms with Gasteiger partial charge in [-0.1, -0.05) is 41.9 Å². The second kappa shape index (κ2) is 10.4. The van der Waals surface area contributed by atoms with E-state index in [1.54, 1.807) is 30.3 Å². The van der Waals surface area contributed by atoms with Crippen molar-refractivity contribution in [2.75, 3.05) is 25.9 Å². The molecule has 8 nitrogen and oxygen atoms in total. The summed E-state index contributed by atoms with van der Waals surface area (Å²) in [5.41, 5.74) is 20.8. The smallest absolute Gasteiger partial charge is 0.234 e. The van der Waals surface area contributed by atoms with Crippen LogP contribution in [0.2, 0.25) is 5.02 Å². The van der Waals surface area contributed by atoms with Crippen LogP contribution in [-0.4, -0.2) is 54.1 Å². The molecule has 6 rings (SSSR count). The molecule has 5 unspecified atom stereocenters. The number of piperidine rings is 1. The van der Waals surface area contributed by atoms with E-state index in [2.05, 4.69) is 10.2 Å². The van der Waals surface area contributed by atoms with Gasteiger partial charge in [-0.2, -0.15) is 0 Å². The highest BCUT2D eigenvalue weighted by molar-refractivity contribution is 8.01. The summed E-state index contributed by atoms with van der Waals surface area (Å²) in [6, 6.07) is 17.0. The number of hydrogen-bond donors (Lipinski definition) is 4. The fourth-order valence-corrected chi connectivity index (χ4v) is 8.04. The molecule has 1 aliphatic carbocycles. The number of nitrogen functional groups attached to an aromatic ring is 1. The molecule has 0 aromatic heterocycles. The van der Waals surface area contributed by atoms with Gasteiger partial charge in [-0.15, -0.1) is 11.8 Å². The van der Waals surface area contributed by atoms with Gasteiger partial charge in [0.25, 0.3) is 0 Å². The van der Waals surface area contributed by atoms with Gasteiger partial charge in [0.2, 0.25) is 5.91 Å². The number of ketones is 1. The van der Waals surface area contributed by atoms with E-state index < -0.39 is 28.5 Å². The molecule has 0 bridgehead atoms. The molecule has 3 aliphatic rings. The minimum atomic E-state index is -1.62. The Kier molecular flexibility index (Phi) is 7.04. The van der Waals surface area contributed by atoms with Gasteiger partial charge in [0.1, 0.15) is 17.0 Å². The number of Topliss-reactive ketones (excluding diaryl/α,β-unsaturated/α-hetero) is 1. The molecule has 0 radical (unpaired) electrons. The monoisotopic (exact) mass is 577 g/mol. The molecule has 3 aromatic carbocycles. The number of amides is 1. The number of anilines is 1. The zero-order chi connectivity index (χ0) is 28.2. The van der Waals surface area contributed by atoms with Crippen LogP contribution in [0.25, 0.3) is 0 Å². The number of hydrogen-bond acceptors (Lipinski definition) is 8. The van der Waals surface area contributed by atoms with E-state index >= 15 is 0 Å². The van der Waals surface area contributed by atoms with Crippen molar-refractivity contribution >= 4 is 40.7 Å². The molecule has 1 fully saturated rings. The lowest BCUT2D eigenvalue weighted by molar-refractivity contribution is -0.126. The van der Waals surface area contributed by atoms with Gasteiger partial charge in [-0.3, -0.25) is 9.59 Å². The Hall–Kier alpha value is -3.08. The molecule has 2 aliphatic heterocycles. The van der Waals surface area contributed by atoms with Crippen molar-refractivity contribution in [2.24, 2.45) is 11.5 Å². The zero-order valence-corrected chi connectivity index (χ0v) is 23.7. The second-order valence-corrected chi connectivity index (χ2v) is 12.4. The highest BCUT2D eigenvalue weighted by atomic mass is 35.5. The van der Waals surface area contributed by atoms with Crippen LogP contribution in [0.15, 0.2) is 65.6 Å². The van der Waals surface area contributed by atoms with Crippen molar-refractivity contribution in [3.05, 3.63) is 82.4 Å². The van der Waals surface area contributed by atoms with Crippen LogP contribution >= 0.6 is 23.4 Å². The van der Waals surface area contributed by atoms with E-state index in [0.29, 0.717) is 28.3 Å². The van der Waals surface area contributed by atoms with Gasteiger partial charge < -0.3 is 32.2 Å². The predicted octanol–water partition coefficient (Wildman–Crippen LogP) is 3.60. The normalized spacial score (nSPS) is 27.8. The van der Waals surface area contributed by atoms with E-state index in [4.69, 9.17) is 33.5 Å². The maximum absolute atomic E-state index is 14.1. The minimum absolute atomic E-state index is 0.0481. The van der Waals surface area contributed by atoms with Crippen LogP contribution in [-0.2, 0) is 15.1 Å². The summed E-state index contributed by atoms with van der Waals surface area (Å²) >= 11 is 8.13. The van der Waals surface area contributed by atoms with Gasteiger partial charge in [-0.05, 0) is 67.9 Å². The van der Waals surface area contributed by atoms with Crippen LogP contribution in [0, 0.1) is 0 Å². The first-order chi connectivity index (χ1) is 19.2. The Balaban J connectivity index is 1.36. The number of para-hydroxylation sites is 1. The number of nitrogens with one attached hydrogen (secondary N) is 1. The van der Waals surface area contributed by atoms with E-state index in [9.17, 15) is 9.59 Å². The van der Waals surface area contributed by atoms with Crippen LogP contribution < -0.4 is 27.3 Å². The van der Waals surface area contributed by atoms with Crippen molar-refractivity contribution in [3.63, 3.8) is 0 Å². The molecule has 0 saturated carbocycles. The van der Waals surface area contributed by atoms with Crippen LogP contribution in [0.5, 0.6) is 11.5 Å². The first-order valence-electron chi connectivity index (χ1n) is 13.4. The molecule has 3 aromatic rings. The third-order valence-corrected chi connectivity index (χ3v) is 9.97. The molecule has 10 heteroatoms. The van der Waals surface area contributed by atoms with Crippen LogP contribution in [0.3, 0.4) is 0 Å². The van der Waals surface area contributed by atoms with Crippen molar-refractivity contribution in [2.45, 2.75) is 46.5 Å². The fourth-order valence-electron chi connectivity index (χ4n) is 6.27. The van der Waals surface area contributed by atoms with Crippen molar-refractivity contribution in [3.8, 4) is 11.5 Å². The lowest BCUT2D eigenvalue weighted by atomic mass is 9.65. The molecule has 208 valence electrons. The number of halogens is 1. The average Bonchev–Trinajstić information content (AvgIpc) is 3.34. The third-order valence-electron chi connectivity index (χ3n) is 8.21. The van der Waals surface area contributed by atoms with Gasteiger partial charge in [0.15, 0.2) is 5.78 Å². The number of ether oxygens (including phenoxy) is 1. The maximum atomic E-state index is 14.1. The molecule has 1 amide bonds. The van der Waals surface area contributed by atoms with Crippen LogP contribution in [0.1, 0.15) is 35.4 Å². The zero-order valence-electron chi connectivity index (χ0n) is 22.1. The number of rotatable bonds is 5. The summed E-state index contributed by atoms with van der Waals surface area (Å²) in [6.07, 6.45) is 1.93. The van der Waals surface area contributed by atoms with Crippen molar-refractivity contribution in [1.29, 1.82) is 0 Å². The Morgan fingerprint density at radius 1 is 1.12 bits per heavy atom. The number of carbonyl (C=O) groups is 2. The second-order valence-electron chi connectivity index (χ2n) is 10.9. The lowest BCUT2D eigenvalue weighted by Crippen LogP contribution is -2.61. The number of likely N-dealkylation sites (N-methyl/N-ethyl adjacent to an activating group) is 1. The predicted molar refractivity (Wildman–Crippen MR) is 158 cm³/mol. The quantitative estimate of drug-likeness (QED) is 0.338. The minimum Gasteiger partial charge on any atom is -0.457 e. The SMILES string of the molecule is CN1CCCC(NC(=O)C2Sc3c(N)ccc4c3C2C(N)C(=O)C4(N)c2ccc(Oc3ccccc3)cc2Cl)C1. The van der Waals surface area contributed by atoms with Gasteiger partial charge in [0, 0.05) is 34.7 Å². The summed E-state index contributed by atoms with van der Waals surface area (Å²) in [5, 5.41) is 2.89. The Morgan fingerprint density at radius 2 is 1.88 bits per heavy atom. The van der Waals surface area contributed by atoms with Gasteiger partial charge in [0.05, 0.1) is 16.3 Å². The molecule has 5 atom stereocenters. The summed E-state index contributed by atoms with van der Waals surface area (Å²) in [6.45, 7) is 1.80. The number of nitrogens with zero attached hydrogens (tertiary/aromatic N) is 1. The number of carbonyl (C=O) groups excluding carboxylic acids is 2. The van der Waals surface area contributed by atoms with Crippen molar-refractivity contribution in [1.82, 2.24) is 10.2 Å². The van der Waals surface area contributed by atoms with E-state index in [0.717, 1.165) is 36.4 Å². The molecule has 0 spiro atoms. The molecular weight excluding hydrogens is 546 g/mol. The molecule has 1 saturated heterocycles. The summed E-state index contributed by atoms with van der Waals surface area (Å²) in [7, 11) is 2.05. The van der Waals surface area contributed by atoms with Crippen LogP contribution in [0.4, 0.5) is 5.69 Å². The largest absolute Gasteiger partial charge is 0.457 e.